The second-order valence-electron chi connectivity index (χ2n) is 7.76. The van der Waals surface area contributed by atoms with Crippen molar-refractivity contribution >= 4 is 27.5 Å². The normalized spacial score (nSPS) is 19.9. The quantitative estimate of drug-likeness (QED) is 0.677. The molecule has 2 fully saturated rings. The highest BCUT2D eigenvalue weighted by atomic mass is 32.2. The average molecular weight is 462 g/mol. The Morgan fingerprint density at radius 3 is 2.34 bits per heavy atom. The largest absolute Gasteiger partial charge is 0.495 e. The molecule has 2 aromatic carbocycles. The molecule has 4 rings (SSSR count). The molecule has 170 valence electrons. The first kappa shape index (κ1) is 22.2. The summed E-state index contributed by atoms with van der Waals surface area (Å²) in [5.74, 6) is -0.742. The maximum atomic E-state index is 13.1. The van der Waals surface area contributed by atoms with Crippen LogP contribution in [0.4, 0.5) is 10.1 Å². The van der Waals surface area contributed by atoms with E-state index in [1.165, 1.54) is 23.5 Å². The van der Waals surface area contributed by atoms with E-state index in [9.17, 15) is 22.4 Å². The second-order valence-corrected chi connectivity index (χ2v) is 9.70. The Balaban J connectivity index is 1.39. The summed E-state index contributed by atoms with van der Waals surface area (Å²) < 4.78 is 45.3. The third-order valence-electron chi connectivity index (χ3n) is 5.85. The fraction of sp³-hybridized carbons (Fsp3) is 0.364. The van der Waals surface area contributed by atoms with Gasteiger partial charge in [-0.1, -0.05) is 12.1 Å². The summed E-state index contributed by atoms with van der Waals surface area (Å²) in [7, 11) is -2.23. The van der Waals surface area contributed by atoms with Crippen molar-refractivity contribution in [2.24, 2.45) is 5.92 Å². The molecule has 0 radical (unpaired) electrons. The Morgan fingerprint density at radius 2 is 1.69 bits per heavy atom. The van der Waals surface area contributed by atoms with Gasteiger partial charge in [-0.05, 0) is 36.4 Å². The van der Waals surface area contributed by atoms with Gasteiger partial charge in [-0.3, -0.25) is 9.59 Å². The first-order chi connectivity index (χ1) is 15.3. The molecule has 2 saturated heterocycles. The topological polar surface area (TPSA) is 87.2 Å². The molecule has 0 aliphatic carbocycles. The van der Waals surface area contributed by atoms with E-state index in [4.69, 9.17) is 4.74 Å². The minimum Gasteiger partial charge on any atom is -0.495 e. The van der Waals surface area contributed by atoms with E-state index < -0.39 is 21.8 Å². The summed E-state index contributed by atoms with van der Waals surface area (Å²) in [4.78, 5) is 28.8. The molecule has 0 saturated carbocycles. The van der Waals surface area contributed by atoms with Crippen molar-refractivity contribution in [2.45, 2.75) is 11.3 Å². The van der Waals surface area contributed by atoms with E-state index in [2.05, 4.69) is 0 Å². The van der Waals surface area contributed by atoms with Gasteiger partial charge < -0.3 is 14.5 Å². The maximum Gasteiger partial charge on any atom is 0.243 e. The molecule has 10 heteroatoms. The lowest BCUT2D eigenvalue weighted by molar-refractivity contribution is -0.136. The molecule has 0 spiro atoms. The van der Waals surface area contributed by atoms with Crippen LogP contribution in [0.5, 0.6) is 5.75 Å². The van der Waals surface area contributed by atoms with Gasteiger partial charge in [0, 0.05) is 39.1 Å². The Kier molecular flexibility index (Phi) is 6.16. The van der Waals surface area contributed by atoms with Crippen LogP contribution in [0.3, 0.4) is 0 Å². The van der Waals surface area contributed by atoms with Crippen molar-refractivity contribution < 1.29 is 27.1 Å². The van der Waals surface area contributed by atoms with Gasteiger partial charge in [-0.2, -0.15) is 4.31 Å². The number of anilines is 1. The van der Waals surface area contributed by atoms with Gasteiger partial charge in [-0.25, -0.2) is 12.8 Å². The minimum atomic E-state index is -3.76. The fourth-order valence-electron chi connectivity index (χ4n) is 4.12. The summed E-state index contributed by atoms with van der Waals surface area (Å²) >= 11 is 0. The van der Waals surface area contributed by atoms with E-state index in [0.717, 1.165) is 12.1 Å². The SMILES string of the molecule is COc1ccccc1N1CC(C(=O)N2CCN(S(=O)(=O)c3ccc(F)cc3)CC2)CC1=O. The predicted molar refractivity (Wildman–Crippen MR) is 115 cm³/mol. The average Bonchev–Trinajstić information content (AvgIpc) is 3.20. The number of piperazine rings is 1. The van der Waals surface area contributed by atoms with E-state index >= 15 is 0 Å². The second kappa shape index (κ2) is 8.87. The van der Waals surface area contributed by atoms with E-state index in [0.29, 0.717) is 11.4 Å². The van der Waals surface area contributed by atoms with Crippen LogP contribution >= 0.6 is 0 Å². The number of halogens is 1. The molecule has 2 amide bonds. The van der Waals surface area contributed by atoms with Crippen molar-refractivity contribution in [1.29, 1.82) is 0 Å². The lowest BCUT2D eigenvalue weighted by atomic mass is 10.1. The number of para-hydroxylation sites is 2. The van der Waals surface area contributed by atoms with Gasteiger partial charge >= 0.3 is 0 Å². The number of rotatable bonds is 5. The fourth-order valence-corrected chi connectivity index (χ4v) is 5.54. The highest BCUT2D eigenvalue weighted by Crippen LogP contribution is 2.33. The van der Waals surface area contributed by atoms with Crippen LogP contribution in [0.2, 0.25) is 0 Å². The van der Waals surface area contributed by atoms with Gasteiger partial charge in [0.05, 0.1) is 23.6 Å². The predicted octanol–water partition coefficient (Wildman–Crippen LogP) is 1.72. The zero-order valence-corrected chi connectivity index (χ0v) is 18.4. The monoisotopic (exact) mass is 461 g/mol. The van der Waals surface area contributed by atoms with E-state index in [1.807, 2.05) is 6.07 Å². The number of hydrogen-bond acceptors (Lipinski definition) is 5. The molecule has 2 aliphatic rings. The molecule has 0 N–H and O–H groups in total. The summed E-state index contributed by atoms with van der Waals surface area (Å²) in [5, 5.41) is 0. The summed E-state index contributed by atoms with van der Waals surface area (Å²) in [6, 6.07) is 11.8. The molecule has 0 aromatic heterocycles. The van der Waals surface area contributed by atoms with Crippen molar-refractivity contribution in [3.63, 3.8) is 0 Å². The lowest BCUT2D eigenvalue weighted by Gasteiger charge is -2.35. The molecule has 2 aromatic rings. The Bertz CT molecular complexity index is 1110. The molecule has 8 nitrogen and oxygen atoms in total. The zero-order valence-electron chi connectivity index (χ0n) is 17.6. The number of ether oxygens (including phenoxy) is 1. The molecular weight excluding hydrogens is 437 g/mol. The van der Waals surface area contributed by atoms with Crippen LogP contribution in [0, 0.1) is 11.7 Å². The van der Waals surface area contributed by atoms with Crippen LogP contribution < -0.4 is 9.64 Å². The Labute approximate surface area is 186 Å². The number of sulfonamides is 1. The summed E-state index contributed by atoms with van der Waals surface area (Å²) in [6.07, 6.45) is 0.102. The Hall–Kier alpha value is -2.98. The third kappa shape index (κ3) is 4.20. The Morgan fingerprint density at radius 1 is 1.03 bits per heavy atom. The van der Waals surface area contributed by atoms with Gasteiger partial charge in [0.25, 0.3) is 0 Å². The van der Waals surface area contributed by atoms with Crippen LogP contribution in [0.15, 0.2) is 53.4 Å². The van der Waals surface area contributed by atoms with E-state index in [1.54, 1.807) is 28.0 Å². The molecular formula is C22H24FN3O5S. The van der Waals surface area contributed by atoms with Gasteiger partial charge in [-0.15, -0.1) is 0 Å². The van der Waals surface area contributed by atoms with Gasteiger partial charge in [0.2, 0.25) is 21.8 Å². The minimum absolute atomic E-state index is 0.0208. The number of benzene rings is 2. The maximum absolute atomic E-state index is 13.1. The highest BCUT2D eigenvalue weighted by Gasteiger charge is 2.39. The highest BCUT2D eigenvalue weighted by molar-refractivity contribution is 7.89. The van der Waals surface area contributed by atoms with Crippen molar-refractivity contribution in [3.8, 4) is 5.75 Å². The molecule has 0 bridgehead atoms. The zero-order chi connectivity index (χ0) is 22.9. The van der Waals surface area contributed by atoms with Crippen LogP contribution in [-0.2, 0) is 19.6 Å². The lowest BCUT2D eigenvalue weighted by Crippen LogP contribution is -2.52. The van der Waals surface area contributed by atoms with Gasteiger partial charge in [0.15, 0.2) is 0 Å². The number of nitrogens with zero attached hydrogens (tertiary/aromatic N) is 3. The van der Waals surface area contributed by atoms with Crippen LogP contribution in [-0.4, -0.2) is 69.3 Å². The van der Waals surface area contributed by atoms with Gasteiger partial charge in [0.1, 0.15) is 11.6 Å². The number of methoxy groups -OCH3 is 1. The molecule has 32 heavy (non-hydrogen) atoms. The van der Waals surface area contributed by atoms with E-state index in [-0.39, 0.29) is 55.9 Å². The summed E-state index contributed by atoms with van der Waals surface area (Å²) in [5.41, 5.74) is 0.630. The van der Waals surface area contributed by atoms with Crippen molar-refractivity contribution in [3.05, 3.63) is 54.3 Å². The first-order valence-electron chi connectivity index (χ1n) is 10.3. The van der Waals surface area contributed by atoms with Crippen LogP contribution in [0.1, 0.15) is 6.42 Å². The molecule has 1 atom stereocenters. The number of hydrogen-bond donors (Lipinski definition) is 0. The smallest absolute Gasteiger partial charge is 0.243 e. The summed E-state index contributed by atoms with van der Waals surface area (Å²) in [6.45, 7) is 1.01. The molecule has 2 aliphatic heterocycles. The van der Waals surface area contributed by atoms with Crippen molar-refractivity contribution in [2.75, 3.05) is 44.7 Å². The molecule has 2 heterocycles. The first-order valence-corrected chi connectivity index (χ1v) is 11.7. The van der Waals surface area contributed by atoms with Crippen LogP contribution in [0.25, 0.3) is 0 Å². The number of carbonyl (C=O) groups is 2. The standard InChI is InChI=1S/C22H24FN3O5S/c1-31-20-5-3-2-4-19(20)26-15-16(14-21(26)27)22(28)24-10-12-25(13-11-24)32(29,30)18-8-6-17(23)7-9-18/h2-9,16H,10-15H2,1H3. The molecule has 1 unspecified atom stereocenters. The third-order valence-corrected chi connectivity index (χ3v) is 7.76. The number of carbonyl (C=O) groups excluding carboxylic acids is 2. The number of amides is 2. The van der Waals surface area contributed by atoms with Crippen molar-refractivity contribution in [1.82, 2.24) is 9.21 Å².